The molecule has 6 heteroatoms. The van der Waals surface area contributed by atoms with Crippen LogP contribution in [0, 0.1) is 0 Å². The average molecular weight is 394 g/mol. The Hall–Kier alpha value is -1.75. The molecule has 0 radical (unpaired) electrons. The van der Waals surface area contributed by atoms with E-state index >= 15 is 0 Å². The number of benzene rings is 2. The molecule has 0 atom stereocenters. The fourth-order valence-electron chi connectivity index (χ4n) is 3.24. The fraction of sp³-hybridized carbons (Fsp3) is 0.350. The van der Waals surface area contributed by atoms with Crippen molar-refractivity contribution in [3.63, 3.8) is 0 Å². The number of para-hydroxylation sites is 1. The molecular formula is C20H25Cl2N3O. The predicted octanol–water partition coefficient (Wildman–Crippen LogP) is 3.49. The number of hydrogen-bond acceptors (Lipinski definition) is 3. The van der Waals surface area contributed by atoms with Gasteiger partial charge in [0.2, 0.25) is 0 Å². The zero-order valence-corrected chi connectivity index (χ0v) is 16.5. The van der Waals surface area contributed by atoms with Gasteiger partial charge < -0.3 is 15.1 Å². The number of rotatable bonds is 5. The summed E-state index contributed by atoms with van der Waals surface area (Å²) in [5, 5.41) is 3.91. The fourth-order valence-corrected chi connectivity index (χ4v) is 3.49. The highest BCUT2D eigenvalue weighted by atomic mass is 35.5. The third-order valence-electron chi connectivity index (χ3n) is 4.65. The first kappa shape index (κ1) is 20.6. The summed E-state index contributed by atoms with van der Waals surface area (Å²) in [5.74, 6) is 0.130. The van der Waals surface area contributed by atoms with E-state index in [1.54, 1.807) is 0 Å². The number of piperazine rings is 1. The van der Waals surface area contributed by atoms with E-state index in [9.17, 15) is 4.79 Å². The first-order chi connectivity index (χ1) is 12.2. The Kier molecular flexibility index (Phi) is 7.76. The van der Waals surface area contributed by atoms with Crippen molar-refractivity contribution in [1.29, 1.82) is 0 Å². The number of carbonyl (C=O) groups is 1. The minimum atomic E-state index is 0. The van der Waals surface area contributed by atoms with E-state index in [2.05, 4.69) is 10.2 Å². The smallest absolute Gasteiger partial charge is 0.254 e. The van der Waals surface area contributed by atoms with Crippen LogP contribution in [0.3, 0.4) is 0 Å². The van der Waals surface area contributed by atoms with Gasteiger partial charge in [-0.15, -0.1) is 12.4 Å². The normalized spacial score (nSPS) is 14.1. The van der Waals surface area contributed by atoms with Gasteiger partial charge in [-0.3, -0.25) is 4.79 Å². The number of nitrogens with one attached hydrogen (secondary N) is 1. The van der Waals surface area contributed by atoms with Crippen LogP contribution in [0.1, 0.15) is 15.9 Å². The maximum absolute atomic E-state index is 13.0. The van der Waals surface area contributed by atoms with Crippen molar-refractivity contribution in [2.24, 2.45) is 0 Å². The van der Waals surface area contributed by atoms with Crippen LogP contribution in [0.5, 0.6) is 0 Å². The number of amides is 1. The van der Waals surface area contributed by atoms with E-state index in [0.717, 1.165) is 47.9 Å². The Bertz CT molecular complexity index is 731. The van der Waals surface area contributed by atoms with E-state index in [0.29, 0.717) is 13.1 Å². The third kappa shape index (κ3) is 4.70. The lowest BCUT2D eigenvalue weighted by molar-refractivity contribution is 0.0745. The molecule has 4 nitrogen and oxygen atoms in total. The number of halogens is 2. The Morgan fingerprint density at radius 3 is 2.38 bits per heavy atom. The molecule has 1 aliphatic heterocycles. The number of hydrogen-bond donors (Lipinski definition) is 1. The molecule has 1 heterocycles. The monoisotopic (exact) mass is 393 g/mol. The van der Waals surface area contributed by atoms with Gasteiger partial charge in [0.05, 0.1) is 10.7 Å². The predicted molar refractivity (Wildman–Crippen MR) is 111 cm³/mol. The minimum absolute atomic E-state index is 0. The topological polar surface area (TPSA) is 35.6 Å². The van der Waals surface area contributed by atoms with Crippen LogP contribution in [0.2, 0.25) is 5.02 Å². The van der Waals surface area contributed by atoms with E-state index in [1.165, 1.54) is 0 Å². The molecule has 0 spiro atoms. The van der Waals surface area contributed by atoms with E-state index in [-0.39, 0.29) is 18.3 Å². The van der Waals surface area contributed by atoms with Crippen molar-refractivity contribution in [1.82, 2.24) is 10.2 Å². The van der Waals surface area contributed by atoms with Gasteiger partial charge in [0.15, 0.2) is 0 Å². The molecule has 3 rings (SSSR count). The molecule has 140 valence electrons. The quantitative estimate of drug-likeness (QED) is 0.844. The van der Waals surface area contributed by atoms with Gasteiger partial charge in [-0.05, 0) is 43.8 Å². The molecular weight excluding hydrogens is 369 g/mol. The lowest BCUT2D eigenvalue weighted by atomic mass is 10.0. The molecule has 2 aromatic rings. The molecule has 1 amide bonds. The van der Waals surface area contributed by atoms with Crippen molar-refractivity contribution in [2.45, 2.75) is 6.42 Å². The zero-order valence-electron chi connectivity index (χ0n) is 15.0. The van der Waals surface area contributed by atoms with Gasteiger partial charge in [0.1, 0.15) is 0 Å². The number of nitrogens with zero attached hydrogens (tertiary/aromatic N) is 2. The number of likely N-dealkylation sites (N-methyl/N-ethyl adjacent to an activating group) is 1. The van der Waals surface area contributed by atoms with Gasteiger partial charge in [-0.1, -0.05) is 41.9 Å². The second-order valence-corrected chi connectivity index (χ2v) is 6.65. The summed E-state index contributed by atoms with van der Waals surface area (Å²) >= 11 is 6.29. The van der Waals surface area contributed by atoms with Crippen LogP contribution in [0.25, 0.3) is 0 Å². The first-order valence-corrected chi connectivity index (χ1v) is 9.10. The highest BCUT2D eigenvalue weighted by molar-refractivity contribution is 6.33. The number of carbonyl (C=O) groups excluding carboxylic acids is 1. The molecule has 2 aromatic carbocycles. The van der Waals surface area contributed by atoms with E-state index in [1.807, 2.05) is 60.5 Å². The molecule has 0 aliphatic carbocycles. The molecule has 0 unspecified atom stereocenters. The average Bonchev–Trinajstić information content (AvgIpc) is 2.66. The van der Waals surface area contributed by atoms with Crippen molar-refractivity contribution in [3.8, 4) is 0 Å². The van der Waals surface area contributed by atoms with Gasteiger partial charge in [-0.2, -0.15) is 0 Å². The van der Waals surface area contributed by atoms with Crippen LogP contribution in [-0.4, -0.2) is 50.6 Å². The van der Waals surface area contributed by atoms with Crippen molar-refractivity contribution < 1.29 is 4.79 Å². The van der Waals surface area contributed by atoms with Gasteiger partial charge >= 0.3 is 0 Å². The van der Waals surface area contributed by atoms with Gasteiger partial charge in [0.25, 0.3) is 5.91 Å². The standard InChI is InChI=1S/C20H24ClN3O.ClH/c1-22-11-10-16-6-2-3-7-17(16)20(25)24-14-12-23(13-15-24)19-9-5-4-8-18(19)21;/h2-9,22H,10-15H2,1H3;1H. The molecule has 0 saturated carbocycles. The molecule has 1 fully saturated rings. The summed E-state index contributed by atoms with van der Waals surface area (Å²) < 4.78 is 0. The third-order valence-corrected chi connectivity index (χ3v) is 4.97. The Labute approximate surface area is 166 Å². The molecule has 26 heavy (non-hydrogen) atoms. The first-order valence-electron chi connectivity index (χ1n) is 8.72. The highest BCUT2D eigenvalue weighted by Gasteiger charge is 2.24. The molecule has 1 N–H and O–H groups in total. The molecule has 1 saturated heterocycles. The largest absolute Gasteiger partial charge is 0.367 e. The van der Waals surface area contributed by atoms with Crippen LogP contribution in [-0.2, 0) is 6.42 Å². The maximum atomic E-state index is 13.0. The summed E-state index contributed by atoms with van der Waals surface area (Å²) in [5.41, 5.74) is 2.98. The maximum Gasteiger partial charge on any atom is 0.254 e. The van der Waals surface area contributed by atoms with E-state index < -0.39 is 0 Å². The second kappa shape index (κ2) is 9.81. The summed E-state index contributed by atoms with van der Waals surface area (Å²) in [6.45, 7) is 3.89. The Morgan fingerprint density at radius 2 is 1.69 bits per heavy atom. The van der Waals surface area contributed by atoms with Crippen LogP contribution in [0.15, 0.2) is 48.5 Å². The van der Waals surface area contributed by atoms with Crippen LogP contribution < -0.4 is 10.2 Å². The number of anilines is 1. The Morgan fingerprint density at radius 1 is 1.04 bits per heavy atom. The Balaban J connectivity index is 0.00000243. The molecule has 1 aliphatic rings. The summed E-state index contributed by atoms with van der Waals surface area (Å²) in [6.07, 6.45) is 0.859. The van der Waals surface area contributed by atoms with Crippen molar-refractivity contribution in [3.05, 3.63) is 64.7 Å². The molecule has 0 bridgehead atoms. The van der Waals surface area contributed by atoms with Crippen molar-refractivity contribution >= 4 is 35.6 Å². The summed E-state index contributed by atoms with van der Waals surface area (Å²) in [6, 6.07) is 15.8. The van der Waals surface area contributed by atoms with Crippen LogP contribution >= 0.6 is 24.0 Å². The lowest BCUT2D eigenvalue weighted by Gasteiger charge is -2.36. The van der Waals surface area contributed by atoms with Crippen LogP contribution in [0.4, 0.5) is 5.69 Å². The SMILES string of the molecule is CNCCc1ccccc1C(=O)N1CCN(c2ccccc2Cl)CC1.Cl. The zero-order chi connectivity index (χ0) is 17.6. The van der Waals surface area contributed by atoms with Gasteiger partial charge in [-0.25, -0.2) is 0 Å². The van der Waals surface area contributed by atoms with Gasteiger partial charge in [0, 0.05) is 31.7 Å². The lowest BCUT2D eigenvalue weighted by Crippen LogP contribution is -2.49. The summed E-state index contributed by atoms with van der Waals surface area (Å²) in [7, 11) is 1.93. The minimum Gasteiger partial charge on any atom is -0.367 e. The molecule has 0 aromatic heterocycles. The van der Waals surface area contributed by atoms with Crippen molar-refractivity contribution in [2.75, 3.05) is 44.7 Å². The summed E-state index contributed by atoms with van der Waals surface area (Å²) in [4.78, 5) is 17.2. The van der Waals surface area contributed by atoms with E-state index in [4.69, 9.17) is 11.6 Å². The second-order valence-electron chi connectivity index (χ2n) is 6.24. The highest BCUT2D eigenvalue weighted by Crippen LogP contribution is 2.26.